The Bertz CT molecular complexity index is 1570. The van der Waals surface area contributed by atoms with Gasteiger partial charge in [-0.15, -0.1) is 13.2 Å². The van der Waals surface area contributed by atoms with Crippen molar-refractivity contribution >= 4 is 41.0 Å². The molecule has 5 rings (SSSR count). The number of aliphatic hydroxyl groups is 1. The number of anilines is 1. The zero-order valence-corrected chi connectivity index (χ0v) is 29.8. The molecular formula is C39H48ClN3O7. The second-order valence-corrected chi connectivity index (χ2v) is 14.4. The van der Waals surface area contributed by atoms with E-state index in [4.69, 9.17) is 21.1 Å². The lowest BCUT2D eigenvalue weighted by molar-refractivity contribution is -0.162. The van der Waals surface area contributed by atoms with Crippen LogP contribution in [0.15, 0.2) is 79.9 Å². The Labute approximate surface area is 299 Å². The number of ether oxygens (including phenoxy) is 2. The number of aliphatic hydroxyl groups excluding tert-OH is 1. The van der Waals surface area contributed by atoms with E-state index in [1.54, 1.807) is 48.2 Å². The van der Waals surface area contributed by atoms with Gasteiger partial charge in [-0.1, -0.05) is 67.9 Å². The summed E-state index contributed by atoms with van der Waals surface area (Å²) in [6, 6.07) is 13.6. The Kier molecular flexibility index (Phi) is 11.9. The number of halogens is 1. The van der Waals surface area contributed by atoms with Gasteiger partial charge in [-0.05, 0) is 68.4 Å². The highest BCUT2D eigenvalue weighted by molar-refractivity contribution is 6.30. The van der Waals surface area contributed by atoms with Gasteiger partial charge in [0.1, 0.15) is 17.7 Å². The molecule has 1 spiro atoms. The number of likely N-dealkylation sites (tertiary alicyclic amines) is 1. The molecule has 10 nitrogen and oxygen atoms in total. The fraction of sp³-hybridized carbons (Fsp3) is 0.487. The van der Waals surface area contributed by atoms with Gasteiger partial charge in [-0.25, -0.2) is 0 Å². The van der Waals surface area contributed by atoms with Crippen LogP contribution < -0.4 is 10.2 Å². The zero-order valence-electron chi connectivity index (χ0n) is 29.0. The van der Waals surface area contributed by atoms with Crippen LogP contribution in [-0.2, 0) is 28.7 Å². The molecule has 0 aliphatic carbocycles. The van der Waals surface area contributed by atoms with E-state index < -0.39 is 65.6 Å². The third-order valence-electron chi connectivity index (χ3n) is 10.1. The number of hydrogen-bond acceptors (Lipinski definition) is 7. The maximum Gasteiger partial charge on any atom is 0.313 e. The van der Waals surface area contributed by atoms with E-state index in [-0.39, 0.29) is 31.4 Å². The molecule has 3 fully saturated rings. The van der Waals surface area contributed by atoms with E-state index in [1.165, 1.54) is 4.90 Å². The van der Waals surface area contributed by atoms with Gasteiger partial charge >= 0.3 is 5.97 Å². The third kappa shape index (κ3) is 7.24. The number of amides is 3. The Morgan fingerprint density at radius 1 is 1.12 bits per heavy atom. The van der Waals surface area contributed by atoms with Gasteiger partial charge in [0, 0.05) is 23.7 Å². The first-order valence-corrected chi connectivity index (χ1v) is 17.8. The first kappa shape index (κ1) is 37.3. The summed E-state index contributed by atoms with van der Waals surface area (Å²) in [6.07, 6.45) is 3.78. The van der Waals surface area contributed by atoms with Gasteiger partial charge in [-0.2, -0.15) is 0 Å². The molecule has 11 heteroatoms. The number of carbonyl (C=O) groups is 4. The van der Waals surface area contributed by atoms with E-state index in [0.717, 1.165) is 0 Å². The molecular weight excluding hydrogens is 658 g/mol. The Hall–Kier alpha value is -3.99. The van der Waals surface area contributed by atoms with Crippen molar-refractivity contribution < 1.29 is 33.8 Å². The van der Waals surface area contributed by atoms with Crippen molar-refractivity contribution in [2.45, 2.75) is 88.8 Å². The predicted molar refractivity (Wildman–Crippen MR) is 191 cm³/mol. The van der Waals surface area contributed by atoms with Crippen LogP contribution in [0.5, 0.6) is 0 Å². The fourth-order valence-electron chi connectivity index (χ4n) is 8.01. The van der Waals surface area contributed by atoms with Crippen LogP contribution in [0, 0.1) is 17.8 Å². The van der Waals surface area contributed by atoms with Gasteiger partial charge < -0.3 is 29.7 Å². The van der Waals surface area contributed by atoms with Crippen LogP contribution in [0.1, 0.15) is 64.5 Å². The summed E-state index contributed by atoms with van der Waals surface area (Å²) in [7, 11) is 0. The highest BCUT2D eigenvalue weighted by Gasteiger charge is 2.75. The molecule has 3 saturated heterocycles. The van der Waals surface area contributed by atoms with E-state index >= 15 is 0 Å². The average molecular weight is 706 g/mol. The SMILES string of the molecule is C=CCCC(=O)N[C@@H](C)[C@H](OC(=O)[C@@H]1[C@H]2C(=O)N([C@@H](CO)CC(C)C)[C@H](C(=O)N(CC=C)c3ccc(Cl)cc3)[C@]23CC[C@H]1O3)c1ccccc1. The van der Waals surface area contributed by atoms with Crippen LogP contribution in [-0.4, -0.2) is 76.7 Å². The van der Waals surface area contributed by atoms with Crippen molar-refractivity contribution in [2.75, 3.05) is 18.1 Å². The monoisotopic (exact) mass is 705 g/mol. The minimum Gasteiger partial charge on any atom is -0.455 e. The minimum absolute atomic E-state index is 0.0991. The Morgan fingerprint density at radius 3 is 2.44 bits per heavy atom. The minimum atomic E-state index is -1.31. The molecule has 2 bridgehead atoms. The lowest BCUT2D eigenvalue weighted by Gasteiger charge is -2.39. The molecule has 0 aromatic heterocycles. The van der Waals surface area contributed by atoms with Crippen molar-refractivity contribution in [1.82, 2.24) is 10.2 Å². The molecule has 3 heterocycles. The molecule has 2 aromatic rings. The summed E-state index contributed by atoms with van der Waals surface area (Å²) in [5.41, 5.74) is -0.0656. The molecule has 8 atom stereocenters. The number of nitrogens with zero attached hydrogens (tertiary/aromatic N) is 2. The number of allylic oxidation sites excluding steroid dienone is 1. The van der Waals surface area contributed by atoms with Crippen molar-refractivity contribution in [3.8, 4) is 0 Å². The molecule has 0 unspecified atom stereocenters. The Balaban J connectivity index is 1.52. The number of nitrogens with one attached hydrogen (secondary N) is 1. The molecule has 3 aliphatic rings. The molecule has 0 saturated carbocycles. The lowest BCUT2D eigenvalue weighted by Crippen LogP contribution is -2.59. The number of esters is 1. The normalized spacial score (nSPS) is 25.5. The maximum absolute atomic E-state index is 14.8. The summed E-state index contributed by atoms with van der Waals surface area (Å²) in [5, 5.41) is 14.1. The Morgan fingerprint density at radius 2 is 1.82 bits per heavy atom. The predicted octanol–water partition coefficient (Wildman–Crippen LogP) is 5.40. The number of fused-ring (bicyclic) bond motifs is 1. The largest absolute Gasteiger partial charge is 0.455 e. The first-order valence-electron chi connectivity index (χ1n) is 17.4. The van der Waals surface area contributed by atoms with Crippen LogP contribution in [0.4, 0.5) is 5.69 Å². The van der Waals surface area contributed by atoms with Crippen LogP contribution in [0.25, 0.3) is 0 Å². The summed E-state index contributed by atoms with van der Waals surface area (Å²) < 4.78 is 12.9. The lowest BCUT2D eigenvalue weighted by atomic mass is 9.70. The molecule has 268 valence electrons. The molecule has 0 radical (unpaired) electrons. The van der Waals surface area contributed by atoms with Crippen molar-refractivity contribution in [3.63, 3.8) is 0 Å². The van der Waals surface area contributed by atoms with Crippen molar-refractivity contribution in [1.29, 1.82) is 0 Å². The van der Waals surface area contributed by atoms with Gasteiger partial charge in [0.15, 0.2) is 0 Å². The highest BCUT2D eigenvalue weighted by Crippen LogP contribution is 2.59. The smallest absolute Gasteiger partial charge is 0.313 e. The molecule has 2 aromatic carbocycles. The van der Waals surface area contributed by atoms with Crippen LogP contribution in [0.2, 0.25) is 5.02 Å². The van der Waals surface area contributed by atoms with E-state index in [9.17, 15) is 24.3 Å². The molecule has 50 heavy (non-hydrogen) atoms. The second-order valence-electron chi connectivity index (χ2n) is 13.9. The molecule has 3 amide bonds. The molecule has 2 N–H and O–H groups in total. The van der Waals surface area contributed by atoms with Crippen LogP contribution in [0.3, 0.4) is 0 Å². The number of rotatable bonds is 16. The van der Waals surface area contributed by atoms with Gasteiger partial charge in [0.05, 0.1) is 36.6 Å². The zero-order chi connectivity index (χ0) is 36.2. The van der Waals surface area contributed by atoms with Gasteiger partial charge in [0.25, 0.3) is 5.91 Å². The summed E-state index contributed by atoms with van der Waals surface area (Å²) in [5.74, 6) is -3.54. The van der Waals surface area contributed by atoms with Gasteiger partial charge in [-0.3, -0.25) is 19.2 Å². The first-order chi connectivity index (χ1) is 24.0. The quantitative estimate of drug-likeness (QED) is 0.177. The summed E-state index contributed by atoms with van der Waals surface area (Å²) >= 11 is 6.17. The summed E-state index contributed by atoms with van der Waals surface area (Å²) in [6.45, 7) is 13.1. The highest BCUT2D eigenvalue weighted by atomic mass is 35.5. The fourth-order valence-corrected chi connectivity index (χ4v) is 8.14. The second kappa shape index (κ2) is 15.9. The molecule has 3 aliphatic heterocycles. The van der Waals surface area contributed by atoms with E-state index in [2.05, 4.69) is 18.5 Å². The maximum atomic E-state index is 14.8. The summed E-state index contributed by atoms with van der Waals surface area (Å²) in [4.78, 5) is 59.7. The van der Waals surface area contributed by atoms with Crippen molar-refractivity contribution in [2.24, 2.45) is 17.8 Å². The van der Waals surface area contributed by atoms with Crippen LogP contribution >= 0.6 is 11.6 Å². The average Bonchev–Trinajstić information content (AvgIpc) is 3.75. The third-order valence-corrected chi connectivity index (χ3v) is 10.3. The van der Waals surface area contributed by atoms with E-state index in [0.29, 0.717) is 42.0 Å². The topological polar surface area (TPSA) is 125 Å². The van der Waals surface area contributed by atoms with E-state index in [1.807, 2.05) is 44.2 Å². The standard InChI is InChI=1S/C39H48ClN3O7/c1-6-8-14-31(45)41-25(5)34(26-12-10-9-11-13-26)49-38(48)32-30-19-20-39(50-30)33(32)36(46)43(29(23-44)22-24(3)4)35(39)37(47)42(21-7-2)28-17-15-27(40)16-18-28/h6-7,9-13,15-18,24-25,29-30,32-35,44H,1-2,8,14,19-23H2,3-5H3,(H,41,45)/t25-,29+,30+,32-,33-,34-,35+,39-/m0/s1. The number of benzene rings is 2. The van der Waals surface area contributed by atoms with Gasteiger partial charge in [0.2, 0.25) is 11.8 Å². The number of carbonyl (C=O) groups excluding carboxylic acids is 4. The van der Waals surface area contributed by atoms with Crippen molar-refractivity contribution in [3.05, 3.63) is 90.5 Å². The number of hydrogen-bond donors (Lipinski definition) is 2.